The van der Waals surface area contributed by atoms with Crippen molar-refractivity contribution < 1.29 is 17.5 Å². The Morgan fingerprint density at radius 3 is 2.74 bits per heavy atom. The molecule has 0 bridgehead atoms. The van der Waals surface area contributed by atoms with Crippen LogP contribution in [-0.4, -0.2) is 33.5 Å². The van der Waals surface area contributed by atoms with Crippen molar-refractivity contribution in [2.45, 2.75) is 24.3 Å². The zero-order chi connectivity index (χ0) is 14.5. The summed E-state index contributed by atoms with van der Waals surface area (Å²) < 4.78 is 45.1. The largest absolute Gasteiger partial charge is 0.383 e. The fourth-order valence-corrected chi connectivity index (χ4v) is 3.72. The van der Waals surface area contributed by atoms with Gasteiger partial charge in [0.05, 0.1) is 11.5 Å². The predicted octanol–water partition coefficient (Wildman–Crippen LogP) is 2.21. The highest BCUT2D eigenvalue weighted by atomic mass is 79.9. The number of ether oxygens (including phenoxy) is 1. The maximum Gasteiger partial charge on any atom is 0.241 e. The first-order chi connectivity index (χ1) is 8.90. The summed E-state index contributed by atoms with van der Waals surface area (Å²) in [6.45, 7) is 1.89. The molecule has 0 aliphatic rings. The van der Waals surface area contributed by atoms with E-state index in [1.54, 1.807) is 6.92 Å². The minimum atomic E-state index is -3.75. The van der Waals surface area contributed by atoms with Gasteiger partial charge in [-0.05, 0) is 31.0 Å². The minimum Gasteiger partial charge on any atom is -0.383 e. The van der Waals surface area contributed by atoms with E-state index in [9.17, 15) is 12.8 Å². The van der Waals surface area contributed by atoms with E-state index in [-0.39, 0.29) is 17.5 Å². The second-order valence-corrected chi connectivity index (χ2v) is 6.64. The van der Waals surface area contributed by atoms with Crippen molar-refractivity contribution in [2.24, 2.45) is 0 Å². The summed E-state index contributed by atoms with van der Waals surface area (Å²) in [5, 5.41) is 0.645. The molecule has 1 unspecified atom stereocenters. The molecule has 0 saturated carbocycles. The third-order valence-corrected chi connectivity index (χ3v) is 4.71. The third-order valence-electron chi connectivity index (χ3n) is 2.59. The Kier molecular flexibility index (Phi) is 6.38. The third kappa shape index (κ3) is 4.83. The van der Waals surface area contributed by atoms with Crippen molar-refractivity contribution in [1.82, 2.24) is 4.72 Å². The Morgan fingerprint density at radius 1 is 1.47 bits per heavy atom. The van der Waals surface area contributed by atoms with Gasteiger partial charge in [-0.3, -0.25) is 0 Å². The molecule has 0 aliphatic carbocycles. The molecule has 1 rings (SSSR count). The second-order valence-electron chi connectivity index (χ2n) is 4.16. The lowest BCUT2D eigenvalue weighted by Crippen LogP contribution is -2.38. The quantitative estimate of drug-likeness (QED) is 0.764. The summed E-state index contributed by atoms with van der Waals surface area (Å²) in [7, 11) is -2.24. The number of alkyl halides is 1. The molecule has 7 heteroatoms. The van der Waals surface area contributed by atoms with Gasteiger partial charge in [0.15, 0.2) is 0 Å². The van der Waals surface area contributed by atoms with Crippen LogP contribution < -0.4 is 4.72 Å². The molecular formula is C12H17BrFNO3S. The van der Waals surface area contributed by atoms with Gasteiger partial charge in [-0.2, -0.15) is 0 Å². The second kappa shape index (κ2) is 7.33. The van der Waals surface area contributed by atoms with Crippen molar-refractivity contribution in [1.29, 1.82) is 0 Å². The monoisotopic (exact) mass is 353 g/mol. The van der Waals surface area contributed by atoms with Gasteiger partial charge in [0.2, 0.25) is 10.0 Å². The topological polar surface area (TPSA) is 55.4 Å². The molecule has 0 spiro atoms. The lowest BCUT2D eigenvalue weighted by Gasteiger charge is -2.17. The molecule has 0 aliphatic heterocycles. The van der Waals surface area contributed by atoms with E-state index in [2.05, 4.69) is 20.7 Å². The number of hydrogen-bond acceptors (Lipinski definition) is 3. The Balaban J connectivity index is 2.99. The van der Waals surface area contributed by atoms with Gasteiger partial charge >= 0.3 is 0 Å². The summed E-state index contributed by atoms with van der Waals surface area (Å²) >= 11 is 3.26. The number of halogens is 2. The van der Waals surface area contributed by atoms with Gasteiger partial charge in [-0.15, -0.1) is 0 Å². The van der Waals surface area contributed by atoms with Gasteiger partial charge in [0.25, 0.3) is 0 Å². The van der Waals surface area contributed by atoms with E-state index in [1.165, 1.54) is 19.2 Å². The average Bonchev–Trinajstić information content (AvgIpc) is 2.32. The summed E-state index contributed by atoms with van der Waals surface area (Å²) in [6, 6.07) is 3.35. The minimum absolute atomic E-state index is 0.0387. The maximum atomic E-state index is 13.2. The number of rotatable bonds is 7. The SMILES string of the molecule is COCC(CCBr)NS(=O)(=O)c1cc(F)ccc1C. The summed E-state index contributed by atoms with van der Waals surface area (Å²) in [5.41, 5.74) is 0.504. The number of methoxy groups -OCH3 is 1. The van der Waals surface area contributed by atoms with Crippen LogP contribution in [0.1, 0.15) is 12.0 Å². The van der Waals surface area contributed by atoms with Crippen LogP contribution in [0.5, 0.6) is 0 Å². The maximum absolute atomic E-state index is 13.2. The highest BCUT2D eigenvalue weighted by Crippen LogP contribution is 2.17. The van der Waals surface area contributed by atoms with Crippen LogP contribution in [0.3, 0.4) is 0 Å². The first-order valence-corrected chi connectivity index (χ1v) is 8.34. The van der Waals surface area contributed by atoms with Gasteiger partial charge in [-0.1, -0.05) is 22.0 Å². The van der Waals surface area contributed by atoms with Crippen LogP contribution in [-0.2, 0) is 14.8 Å². The zero-order valence-corrected chi connectivity index (χ0v) is 13.2. The summed E-state index contributed by atoms with van der Waals surface area (Å²) in [6.07, 6.45) is 0.585. The molecule has 0 amide bonds. The molecule has 0 fully saturated rings. The van der Waals surface area contributed by atoms with Crippen LogP contribution in [0, 0.1) is 12.7 Å². The van der Waals surface area contributed by atoms with Crippen molar-refractivity contribution >= 4 is 26.0 Å². The fourth-order valence-electron chi connectivity index (χ4n) is 1.66. The van der Waals surface area contributed by atoms with E-state index in [4.69, 9.17) is 4.74 Å². The van der Waals surface area contributed by atoms with E-state index in [1.807, 2.05) is 0 Å². The molecule has 0 aromatic heterocycles. The van der Waals surface area contributed by atoms with Gasteiger partial charge in [-0.25, -0.2) is 17.5 Å². The van der Waals surface area contributed by atoms with Crippen molar-refractivity contribution in [3.8, 4) is 0 Å². The summed E-state index contributed by atoms with van der Waals surface area (Å²) in [5.74, 6) is -0.574. The Morgan fingerprint density at radius 2 is 2.16 bits per heavy atom. The van der Waals surface area contributed by atoms with Crippen molar-refractivity contribution in [3.05, 3.63) is 29.6 Å². The highest BCUT2D eigenvalue weighted by Gasteiger charge is 2.22. The molecule has 1 aromatic rings. The standard InChI is InChI=1S/C12H17BrFNO3S/c1-9-3-4-10(14)7-12(9)19(16,17)15-11(5-6-13)8-18-2/h3-4,7,11,15H,5-6,8H2,1-2H3. The Bertz CT molecular complexity index is 516. The van der Waals surface area contributed by atoms with Crippen LogP contribution in [0.25, 0.3) is 0 Å². The van der Waals surface area contributed by atoms with Crippen molar-refractivity contribution in [3.63, 3.8) is 0 Å². The number of nitrogens with one attached hydrogen (secondary N) is 1. The molecular weight excluding hydrogens is 337 g/mol. The number of hydrogen-bond donors (Lipinski definition) is 1. The van der Waals surface area contributed by atoms with Gasteiger partial charge in [0.1, 0.15) is 5.82 Å². The van der Waals surface area contributed by atoms with Crippen LogP contribution in [0.4, 0.5) is 4.39 Å². The first kappa shape index (κ1) is 16.6. The highest BCUT2D eigenvalue weighted by molar-refractivity contribution is 9.09. The normalized spacial score (nSPS) is 13.5. The molecule has 19 heavy (non-hydrogen) atoms. The molecule has 1 N–H and O–H groups in total. The van der Waals surface area contributed by atoms with Crippen LogP contribution >= 0.6 is 15.9 Å². The molecule has 0 heterocycles. The molecule has 108 valence electrons. The first-order valence-electron chi connectivity index (χ1n) is 5.74. The van der Waals surface area contributed by atoms with E-state index < -0.39 is 15.8 Å². The lowest BCUT2D eigenvalue weighted by molar-refractivity contribution is 0.173. The molecule has 0 saturated heterocycles. The Labute approximate surface area is 121 Å². The molecule has 0 radical (unpaired) electrons. The zero-order valence-electron chi connectivity index (χ0n) is 10.8. The predicted molar refractivity (Wildman–Crippen MR) is 75.5 cm³/mol. The molecule has 4 nitrogen and oxygen atoms in total. The van der Waals surface area contributed by atoms with Gasteiger partial charge in [0, 0.05) is 18.5 Å². The average molecular weight is 354 g/mol. The van der Waals surface area contributed by atoms with Gasteiger partial charge < -0.3 is 4.74 Å². The van der Waals surface area contributed by atoms with E-state index in [0.29, 0.717) is 17.3 Å². The smallest absolute Gasteiger partial charge is 0.241 e. The number of benzene rings is 1. The number of aryl methyl sites for hydroxylation is 1. The molecule has 1 atom stereocenters. The molecule has 1 aromatic carbocycles. The Hall–Kier alpha value is -0.500. The summed E-state index contributed by atoms with van der Waals surface area (Å²) in [4.78, 5) is -0.0387. The fraction of sp³-hybridized carbons (Fsp3) is 0.500. The van der Waals surface area contributed by atoms with Crippen molar-refractivity contribution in [2.75, 3.05) is 19.0 Å². The lowest BCUT2D eigenvalue weighted by atomic mass is 10.2. The number of sulfonamides is 1. The van der Waals surface area contributed by atoms with E-state index in [0.717, 1.165) is 6.07 Å². The van der Waals surface area contributed by atoms with E-state index >= 15 is 0 Å². The van der Waals surface area contributed by atoms with Crippen LogP contribution in [0.2, 0.25) is 0 Å². The van der Waals surface area contributed by atoms with Crippen LogP contribution in [0.15, 0.2) is 23.1 Å².